The van der Waals surface area contributed by atoms with Crippen molar-refractivity contribution in [2.75, 3.05) is 0 Å². The minimum Gasteiger partial charge on any atom is -0.549 e. The minimum atomic E-state index is -1.63. The van der Waals surface area contributed by atoms with Gasteiger partial charge in [0.25, 0.3) is 0 Å². The van der Waals surface area contributed by atoms with Gasteiger partial charge in [0.2, 0.25) is 0 Å². The monoisotopic (exact) mass is 292 g/mol. The minimum absolute atomic E-state index is 0. The first-order valence-corrected chi connectivity index (χ1v) is 3.93. The molecular formula is C9H13AgO4. The second kappa shape index (κ2) is 5.44. The number of rotatable bonds is 3. The fraction of sp³-hybridized carbons (Fsp3) is 0.667. The number of ketones is 2. The third-order valence-electron chi connectivity index (χ3n) is 1.64. The molecule has 0 aliphatic carbocycles. The van der Waals surface area contributed by atoms with E-state index < -0.39 is 28.9 Å². The summed E-state index contributed by atoms with van der Waals surface area (Å²) in [5.74, 6) is -4.53. The maximum absolute atomic E-state index is 11.4. The van der Waals surface area contributed by atoms with Crippen LogP contribution in [0, 0.1) is 11.3 Å². The number of Topliss-reactive ketones (excluding diaryl/α,β-unsaturated/α-hetero) is 2. The number of carboxylic acids is 1. The van der Waals surface area contributed by atoms with Crippen LogP contribution < -0.4 is 5.11 Å². The number of carboxylic acid groups (broad SMARTS) is 1. The van der Waals surface area contributed by atoms with Crippen LogP contribution in [0.3, 0.4) is 0 Å². The molecule has 0 bridgehead atoms. The Morgan fingerprint density at radius 3 is 1.57 bits per heavy atom. The molecule has 1 atom stereocenters. The van der Waals surface area contributed by atoms with Gasteiger partial charge >= 0.3 is 22.4 Å². The van der Waals surface area contributed by atoms with Crippen LogP contribution in [0.1, 0.15) is 27.7 Å². The molecular weight excluding hydrogens is 280 g/mol. The molecule has 0 aliphatic heterocycles. The van der Waals surface area contributed by atoms with Gasteiger partial charge in [-0.1, -0.05) is 20.8 Å². The van der Waals surface area contributed by atoms with Crippen molar-refractivity contribution in [2.45, 2.75) is 27.7 Å². The van der Waals surface area contributed by atoms with Crippen molar-refractivity contribution in [3.63, 3.8) is 0 Å². The van der Waals surface area contributed by atoms with Gasteiger partial charge in [0.15, 0.2) is 5.78 Å². The third-order valence-corrected chi connectivity index (χ3v) is 1.64. The van der Waals surface area contributed by atoms with Gasteiger partial charge in [-0.15, -0.1) is 0 Å². The summed E-state index contributed by atoms with van der Waals surface area (Å²) in [4.78, 5) is 32.7. The van der Waals surface area contributed by atoms with Gasteiger partial charge < -0.3 is 9.90 Å². The standard InChI is InChI=1S/C9H14O4.Ag/c1-5(10)6(8(12)13)7(11)9(2,3)4;/h6H,1-4H3,(H,12,13);/q;+1/p-1. The predicted molar refractivity (Wildman–Crippen MR) is 43.6 cm³/mol. The largest absolute Gasteiger partial charge is 1.00 e. The van der Waals surface area contributed by atoms with Crippen molar-refractivity contribution < 1.29 is 41.9 Å². The molecule has 0 aliphatic rings. The maximum atomic E-state index is 11.4. The molecule has 0 aromatic carbocycles. The maximum Gasteiger partial charge on any atom is 1.00 e. The SMILES string of the molecule is CC(=O)C(C(=O)[O-])C(=O)C(C)(C)C.[Ag+]. The Hall–Kier alpha value is -0.450. The van der Waals surface area contributed by atoms with Crippen LogP contribution in [-0.4, -0.2) is 17.5 Å². The molecule has 5 heteroatoms. The Labute approximate surface area is 98.6 Å². The molecule has 0 heterocycles. The Morgan fingerprint density at radius 2 is 1.50 bits per heavy atom. The number of carbonyl (C=O) groups excluding carboxylic acids is 3. The molecule has 1 unspecified atom stereocenters. The Kier molecular flexibility index (Phi) is 6.21. The summed E-state index contributed by atoms with van der Waals surface area (Å²) < 4.78 is 0. The fourth-order valence-corrected chi connectivity index (χ4v) is 0.891. The van der Waals surface area contributed by atoms with Gasteiger partial charge in [-0.3, -0.25) is 9.59 Å². The van der Waals surface area contributed by atoms with Gasteiger partial charge in [0, 0.05) is 5.41 Å². The van der Waals surface area contributed by atoms with Crippen LogP contribution in [0.5, 0.6) is 0 Å². The van der Waals surface area contributed by atoms with Crippen LogP contribution in [-0.2, 0) is 36.8 Å². The van der Waals surface area contributed by atoms with Crippen LogP contribution in [0.4, 0.5) is 0 Å². The average molecular weight is 293 g/mol. The van der Waals surface area contributed by atoms with E-state index in [0.717, 1.165) is 6.92 Å². The molecule has 0 spiro atoms. The Bertz CT molecular complexity index is 238. The van der Waals surface area contributed by atoms with E-state index in [2.05, 4.69) is 0 Å². The van der Waals surface area contributed by atoms with Crippen molar-refractivity contribution in [1.82, 2.24) is 0 Å². The average Bonchev–Trinajstić information content (AvgIpc) is 1.82. The van der Waals surface area contributed by atoms with Crippen molar-refractivity contribution in [3.8, 4) is 0 Å². The molecule has 0 radical (unpaired) electrons. The van der Waals surface area contributed by atoms with E-state index in [9.17, 15) is 19.5 Å². The number of carbonyl (C=O) groups is 3. The molecule has 0 aromatic heterocycles. The first-order valence-electron chi connectivity index (χ1n) is 3.93. The Morgan fingerprint density at radius 1 is 1.14 bits per heavy atom. The van der Waals surface area contributed by atoms with Crippen LogP contribution in [0.25, 0.3) is 0 Å². The molecule has 0 saturated heterocycles. The molecule has 4 nitrogen and oxygen atoms in total. The summed E-state index contributed by atoms with van der Waals surface area (Å²) in [6, 6.07) is 0. The molecule has 0 aromatic rings. The molecule has 0 rings (SSSR count). The molecule has 14 heavy (non-hydrogen) atoms. The van der Waals surface area contributed by atoms with Gasteiger partial charge in [-0.05, 0) is 6.92 Å². The van der Waals surface area contributed by atoms with E-state index in [1.807, 2.05) is 0 Å². The zero-order valence-electron chi connectivity index (χ0n) is 8.51. The topological polar surface area (TPSA) is 74.3 Å². The smallest absolute Gasteiger partial charge is 0.549 e. The van der Waals surface area contributed by atoms with E-state index in [4.69, 9.17) is 0 Å². The number of aliphatic carboxylic acids is 1. The first-order chi connectivity index (χ1) is 5.68. The molecule has 0 saturated carbocycles. The summed E-state index contributed by atoms with van der Waals surface area (Å²) in [6.07, 6.45) is 0. The zero-order valence-corrected chi connectivity index (χ0v) is 9.99. The summed E-state index contributed by atoms with van der Waals surface area (Å²) in [6.45, 7) is 5.76. The van der Waals surface area contributed by atoms with Crippen LogP contribution >= 0.6 is 0 Å². The third kappa shape index (κ3) is 4.17. The summed E-state index contributed by atoms with van der Waals surface area (Å²) in [7, 11) is 0. The quantitative estimate of drug-likeness (QED) is 0.522. The summed E-state index contributed by atoms with van der Waals surface area (Å²) in [5.41, 5.74) is -0.837. The van der Waals surface area contributed by atoms with E-state index in [0.29, 0.717) is 0 Å². The van der Waals surface area contributed by atoms with Crippen LogP contribution in [0.15, 0.2) is 0 Å². The van der Waals surface area contributed by atoms with Crippen LogP contribution in [0.2, 0.25) is 0 Å². The van der Waals surface area contributed by atoms with Gasteiger partial charge in [-0.2, -0.15) is 0 Å². The normalized spacial score (nSPS) is 12.6. The number of hydrogen-bond donors (Lipinski definition) is 0. The van der Waals surface area contributed by atoms with Gasteiger partial charge in [0.1, 0.15) is 11.7 Å². The number of hydrogen-bond acceptors (Lipinski definition) is 4. The van der Waals surface area contributed by atoms with Crippen molar-refractivity contribution in [3.05, 3.63) is 0 Å². The van der Waals surface area contributed by atoms with Gasteiger partial charge in [0.05, 0.1) is 5.97 Å². The van der Waals surface area contributed by atoms with E-state index in [-0.39, 0.29) is 22.4 Å². The fourth-order valence-electron chi connectivity index (χ4n) is 0.891. The second-order valence-corrected chi connectivity index (χ2v) is 3.98. The van der Waals surface area contributed by atoms with Crippen molar-refractivity contribution >= 4 is 17.5 Å². The van der Waals surface area contributed by atoms with E-state index >= 15 is 0 Å². The molecule has 0 amide bonds. The molecule has 84 valence electrons. The molecule has 0 fully saturated rings. The summed E-state index contributed by atoms with van der Waals surface area (Å²) in [5, 5.41) is 10.5. The van der Waals surface area contributed by atoms with E-state index in [1.54, 1.807) is 20.8 Å². The van der Waals surface area contributed by atoms with Crippen molar-refractivity contribution in [2.24, 2.45) is 11.3 Å². The second-order valence-electron chi connectivity index (χ2n) is 3.98. The van der Waals surface area contributed by atoms with E-state index in [1.165, 1.54) is 0 Å². The van der Waals surface area contributed by atoms with Crippen molar-refractivity contribution in [1.29, 1.82) is 0 Å². The first kappa shape index (κ1) is 16.0. The summed E-state index contributed by atoms with van der Waals surface area (Å²) >= 11 is 0. The predicted octanol–water partition coefficient (Wildman–Crippen LogP) is -0.446. The zero-order chi connectivity index (χ0) is 10.8. The molecule has 0 N–H and O–H groups in total. The van der Waals surface area contributed by atoms with Gasteiger partial charge in [-0.25, -0.2) is 0 Å². The Balaban J connectivity index is 0.